The van der Waals surface area contributed by atoms with E-state index in [0.29, 0.717) is 43.4 Å². The number of carboxylic acid groups (broad SMARTS) is 1. The van der Waals surface area contributed by atoms with E-state index >= 15 is 0 Å². The van der Waals surface area contributed by atoms with Gasteiger partial charge < -0.3 is 24.6 Å². The molecule has 0 radical (unpaired) electrons. The summed E-state index contributed by atoms with van der Waals surface area (Å²) in [4.78, 5) is 50.0. The lowest BCUT2D eigenvalue weighted by molar-refractivity contribution is -0.137. The Morgan fingerprint density at radius 2 is 1.70 bits per heavy atom. The van der Waals surface area contributed by atoms with Crippen molar-refractivity contribution in [3.05, 3.63) is 85.3 Å². The first-order valence-corrected chi connectivity index (χ1v) is 14.3. The molecule has 3 amide bonds. The summed E-state index contributed by atoms with van der Waals surface area (Å²) < 4.78 is 56.4. The van der Waals surface area contributed by atoms with Gasteiger partial charge in [0.2, 0.25) is 5.91 Å². The number of rotatable bonds is 10. The molecule has 0 unspecified atom stereocenters. The number of carboxylic acids is 1. The molecule has 4 rings (SSSR count). The topological polar surface area (TPSA) is 131 Å². The van der Waals surface area contributed by atoms with Gasteiger partial charge in [-0.3, -0.25) is 19.3 Å². The Hall–Kier alpha value is -4.25. The van der Waals surface area contributed by atoms with Gasteiger partial charge in [-0.15, -0.1) is 0 Å². The van der Waals surface area contributed by atoms with E-state index in [4.69, 9.17) is 19.3 Å². The number of carbonyl (C=O) groups excluding carboxylic acids is 3. The molecule has 3 aromatic rings. The second-order valence-electron chi connectivity index (χ2n) is 9.05. The van der Waals surface area contributed by atoms with Crippen LogP contribution in [0.1, 0.15) is 27.0 Å². The second-order valence-corrected chi connectivity index (χ2v) is 11.2. The summed E-state index contributed by atoms with van der Waals surface area (Å²) in [6, 6.07) is 12.0. The fourth-order valence-corrected chi connectivity index (χ4v) is 5.58. The van der Waals surface area contributed by atoms with Crippen LogP contribution in [0.25, 0.3) is 6.08 Å². The van der Waals surface area contributed by atoms with Gasteiger partial charge in [0.1, 0.15) is 18.9 Å². The number of alkyl halides is 3. The van der Waals surface area contributed by atoms with Crippen molar-refractivity contribution < 1.29 is 51.7 Å². The summed E-state index contributed by atoms with van der Waals surface area (Å²) in [7, 11) is 2.64. The smallest absolute Gasteiger partial charge is 0.416 e. The number of hydrogen-bond acceptors (Lipinski definition) is 8. The van der Waals surface area contributed by atoms with E-state index in [1.54, 1.807) is 24.3 Å². The van der Waals surface area contributed by atoms with Crippen molar-refractivity contribution in [3.63, 3.8) is 0 Å². The number of imide groups is 1. The van der Waals surface area contributed by atoms with Gasteiger partial charge in [-0.1, -0.05) is 12.1 Å². The molecule has 0 spiro atoms. The van der Waals surface area contributed by atoms with Crippen LogP contribution in [-0.2, 0) is 22.4 Å². The van der Waals surface area contributed by atoms with Gasteiger partial charge in [0, 0.05) is 0 Å². The van der Waals surface area contributed by atoms with Crippen LogP contribution in [0, 0.1) is 3.57 Å². The summed E-state index contributed by atoms with van der Waals surface area (Å²) in [5.74, 6) is -2.00. The van der Waals surface area contributed by atoms with Crippen LogP contribution in [0.3, 0.4) is 0 Å². The van der Waals surface area contributed by atoms with Crippen LogP contribution in [-0.4, -0.2) is 53.8 Å². The minimum Gasteiger partial charge on any atom is -0.495 e. The number of halogens is 4. The highest BCUT2D eigenvalue weighted by molar-refractivity contribution is 14.1. The van der Waals surface area contributed by atoms with E-state index in [2.05, 4.69) is 5.32 Å². The van der Waals surface area contributed by atoms with Crippen molar-refractivity contribution in [2.75, 3.05) is 26.1 Å². The largest absolute Gasteiger partial charge is 0.495 e. The third-order valence-corrected chi connectivity index (χ3v) is 7.82. The standard InChI is InChI=1S/C29H22F3IN2O8S/c1-41-21-8-7-18(29(30,31)32)12-20(21)34-24(36)13-35-26(37)23(44-28(35)40)11-16-9-19(33)25(22(10-16)42-2)43-14-15-3-5-17(6-4-15)27(38)39/h3-12H,13-14H2,1-2H3,(H,34,36)(H,38,39)/b23-11-. The fourth-order valence-electron chi connectivity index (χ4n) is 3.97. The maximum absolute atomic E-state index is 13.1. The van der Waals surface area contributed by atoms with E-state index in [1.807, 2.05) is 22.6 Å². The highest BCUT2D eigenvalue weighted by Crippen LogP contribution is 2.38. The molecule has 1 heterocycles. The maximum Gasteiger partial charge on any atom is 0.416 e. The number of hydrogen-bond donors (Lipinski definition) is 2. The zero-order valence-corrected chi connectivity index (χ0v) is 25.8. The van der Waals surface area contributed by atoms with Gasteiger partial charge in [0.05, 0.1) is 39.5 Å². The monoisotopic (exact) mass is 742 g/mol. The number of benzene rings is 3. The Balaban J connectivity index is 1.47. The number of amides is 3. The number of nitrogens with one attached hydrogen (secondary N) is 1. The third-order valence-electron chi connectivity index (χ3n) is 6.11. The predicted molar refractivity (Wildman–Crippen MR) is 163 cm³/mol. The molecule has 1 saturated heterocycles. The summed E-state index contributed by atoms with van der Waals surface area (Å²) in [6.07, 6.45) is -3.22. The molecule has 1 aliphatic rings. The average Bonchev–Trinajstić information content (AvgIpc) is 3.23. The Morgan fingerprint density at radius 1 is 1.02 bits per heavy atom. The van der Waals surface area contributed by atoms with Crippen molar-refractivity contribution >= 4 is 69.1 Å². The fraction of sp³-hybridized carbons (Fsp3) is 0.172. The number of thioether (sulfide) groups is 1. The molecule has 1 fully saturated rings. The first-order valence-electron chi connectivity index (χ1n) is 12.4. The van der Waals surface area contributed by atoms with Gasteiger partial charge in [0.15, 0.2) is 11.5 Å². The molecular weight excluding hydrogens is 720 g/mol. The normalized spacial score (nSPS) is 14.1. The molecular formula is C29H22F3IN2O8S. The third kappa shape index (κ3) is 7.63. The number of aromatic carboxylic acids is 1. The first-order chi connectivity index (χ1) is 20.8. The summed E-state index contributed by atoms with van der Waals surface area (Å²) in [5, 5.41) is 10.6. The molecule has 0 bridgehead atoms. The van der Waals surface area contributed by atoms with E-state index in [9.17, 15) is 32.3 Å². The molecule has 44 heavy (non-hydrogen) atoms. The van der Waals surface area contributed by atoms with Gasteiger partial charge in [-0.25, -0.2) is 4.79 Å². The number of ether oxygens (including phenoxy) is 3. The molecule has 2 N–H and O–H groups in total. The molecule has 0 aromatic heterocycles. The van der Waals surface area contributed by atoms with Gasteiger partial charge >= 0.3 is 12.1 Å². The van der Waals surface area contributed by atoms with Crippen molar-refractivity contribution in [1.82, 2.24) is 4.90 Å². The van der Waals surface area contributed by atoms with Crippen LogP contribution < -0.4 is 19.5 Å². The average molecular weight is 742 g/mol. The summed E-state index contributed by atoms with van der Waals surface area (Å²) in [5.41, 5.74) is 0.0788. The molecule has 15 heteroatoms. The Bertz CT molecular complexity index is 1660. The molecule has 230 valence electrons. The van der Waals surface area contributed by atoms with E-state index in [0.717, 1.165) is 17.7 Å². The summed E-state index contributed by atoms with van der Waals surface area (Å²) >= 11 is 2.62. The summed E-state index contributed by atoms with van der Waals surface area (Å²) in [6.45, 7) is -0.610. The first kappa shape index (κ1) is 32.7. The molecule has 3 aromatic carbocycles. The van der Waals surface area contributed by atoms with Crippen molar-refractivity contribution in [1.29, 1.82) is 0 Å². The SMILES string of the molecule is COc1ccc(C(F)(F)F)cc1NC(=O)CN1C(=O)S/C(=C\c2cc(I)c(OCc3ccc(C(=O)O)cc3)c(OC)c2)C1=O. The second kappa shape index (κ2) is 13.6. The lowest BCUT2D eigenvalue weighted by Crippen LogP contribution is -2.36. The quantitative estimate of drug-likeness (QED) is 0.182. The van der Waals surface area contributed by atoms with Crippen molar-refractivity contribution in [3.8, 4) is 17.2 Å². The lowest BCUT2D eigenvalue weighted by atomic mass is 10.1. The molecule has 0 atom stereocenters. The number of carbonyl (C=O) groups is 4. The maximum atomic E-state index is 13.1. The Kier molecular flexibility index (Phi) is 10.1. The van der Waals surface area contributed by atoms with Crippen LogP contribution in [0.4, 0.5) is 23.7 Å². The van der Waals surface area contributed by atoms with Crippen LogP contribution >= 0.6 is 34.4 Å². The zero-order valence-electron chi connectivity index (χ0n) is 22.9. The molecule has 0 saturated carbocycles. The van der Waals surface area contributed by atoms with Crippen molar-refractivity contribution in [2.24, 2.45) is 0 Å². The Labute approximate surface area is 266 Å². The molecule has 1 aliphatic heterocycles. The van der Waals surface area contributed by atoms with Crippen LogP contribution in [0.5, 0.6) is 17.2 Å². The Morgan fingerprint density at radius 3 is 2.32 bits per heavy atom. The van der Waals surface area contributed by atoms with Gasteiger partial charge in [-0.05, 0) is 94.0 Å². The molecule has 0 aliphatic carbocycles. The van der Waals surface area contributed by atoms with Crippen LogP contribution in [0.2, 0.25) is 0 Å². The zero-order chi connectivity index (χ0) is 32.2. The van der Waals surface area contributed by atoms with E-state index < -0.39 is 41.3 Å². The molecule has 10 nitrogen and oxygen atoms in total. The number of anilines is 1. The lowest BCUT2D eigenvalue weighted by Gasteiger charge is -2.16. The van der Waals surface area contributed by atoms with E-state index in [-0.39, 0.29) is 28.5 Å². The highest BCUT2D eigenvalue weighted by Gasteiger charge is 2.37. The van der Waals surface area contributed by atoms with Crippen LogP contribution in [0.15, 0.2) is 59.5 Å². The predicted octanol–water partition coefficient (Wildman–Crippen LogP) is 6.28. The minimum atomic E-state index is -4.66. The highest BCUT2D eigenvalue weighted by atomic mass is 127. The number of methoxy groups -OCH3 is 2. The number of nitrogens with zero attached hydrogens (tertiary/aromatic N) is 1. The van der Waals surface area contributed by atoms with Gasteiger partial charge in [-0.2, -0.15) is 13.2 Å². The van der Waals surface area contributed by atoms with E-state index in [1.165, 1.54) is 32.4 Å². The minimum absolute atomic E-state index is 0.0180. The van der Waals surface area contributed by atoms with Gasteiger partial charge in [0.25, 0.3) is 11.1 Å². The van der Waals surface area contributed by atoms with Crippen molar-refractivity contribution in [2.45, 2.75) is 12.8 Å².